The molecular weight excluding hydrogens is 372 g/mol. The fourth-order valence-electron chi connectivity index (χ4n) is 3.87. The quantitative estimate of drug-likeness (QED) is 0.129. The monoisotopic (exact) mass is 417 g/mol. The minimum Gasteiger partial charge on any atom is -0.293 e. The van der Waals surface area contributed by atoms with Gasteiger partial charge < -0.3 is 0 Å². The van der Waals surface area contributed by atoms with E-state index in [0.717, 1.165) is 30.4 Å². The van der Waals surface area contributed by atoms with E-state index >= 15 is 0 Å². The molecule has 0 bridgehead atoms. The molecule has 0 saturated carbocycles. The number of benzene rings is 1. The van der Waals surface area contributed by atoms with Crippen LogP contribution in [0.15, 0.2) is 18.2 Å². The molecule has 1 rings (SSSR count). The van der Waals surface area contributed by atoms with Crippen LogP contribution in [0.1, 0.15) is 124 Å². The third-order valence-electron chi connectivity index (χ3n) is 5.57. The fraction of sp³-hybridized carbons (Fsp3) is 0.704. The van der Waals surface area contributed by atoms with Gasteiger partial charge in [0.15, 0.2) is 0 Å². The average molecular weight is 418 g/mol. The highest BCUT2D eigenvalue weighted by Gasteiger charge is 2.09. The Morgan fingerprint density at radius 2 is 1.07 bits per heavy atom. The second-order valence-electron chi connectivity index (χ2n) is 8.73. The fourth-order valence-corrected chi connectivity index (χ4v) is 3.87. The van der Waals surface area contributed by atoms with E-state index in [9.17, 15) is 4.79 Å². The summed E-state index contributed by atoms with van der Waals surface area (Å²) in [5.41, 5.74) is 2.66. The van der Waals surface area contributed by atoms with Crippen molar-refractivity contribution in [1.29, 1.82) is 0 Å². The second-order valence-corrected chi connectivity index (χ2v) is 8.73. The van der Waals surface area contributed by atoms with E-state index in [-0.39, 0.29) is 0 Å². The Labute approximate surface area is 185 Å². The van der Waals surface area contributed by atoms with E-state index in [2.05, 4.69) is 6.92 Å². The molecule has 3 nitrogen and oxygen atoms in total. The predicted octanol–water partition coefficient (Wildman–Crippen LogP) is 8.47. The standard InChI is InChI=1S/C27H45O3/c1-4-5-6-7-8-9-10-11-12-13-14-15-16-17-18-19-20-29-30-27(28)26-22-24(2)21-25(3)23-26/h21-23H,1,4-20H2,2-3H3. The normalized spacial score (nSPS) is 11.0. The summed E-state index contributed by atoms with van der Waals surface area (Å²) < 4.78 is 0. The lowest BCUT2D eigenvalue weighted by Crippen LogP contribution is -2.07. The molecular formula is C27H45O3. The molecule has 3 heteroatoms. The van der Waals surface area contributed by atoms with Crippen molar-refractivity contribution in [2.45, 2.75) is 117 Å². The highest BCUT2D eigenvalue weighted by molar-refractivity contribution is 5.89. The van der Waals surface area contributed by atoms with Crippen LogP contribution in [-0.2, 0) is 9.78 Å². The Morgan fingerprint density at radius 3 is 1.50 bits per heavy atom. The number of unbranched alkanes of at least 4 members (excludes halogenated alkanes) is 15. The predicted molar refractivity (Wildman–Crippen MR) is 127 cm³/mol. The van der Waals surface area contributed by atoms with Gasteiger partial charge in [-0.15, -0.1) is 0 Å². The number of hydrogen-bond donors (Lipinski definition) is 0. The van der Waals surface area contributed by atoms with Crippen LogP contribution in [0.4, 0.5) is 0 Å². The number of rotatable bonds is 19. The highest BCUT2D eigenvalue weighted by atomic mass is 17.2. The van der Waals surface area contributed by atoms with E-state index in [1.165, 1.54) is 83.5 Å². The molecule has 171 valence electrons. The zero-order valence-electron chi connectivity index (χ0n) is 19.7. The zero-order chi connectivity index (χ0) is 21.9. The summed E-state index contributed by atoms with van der Waals surface area (Å²) in [6, 6.07) is 5.68. The molecule has 0 saturated heterocycles. The van der Waals surface area contributed by atoms with Crippen molar-refractivity contribution >= 4 is 5.97 Å². The summed E-state index contributed by atoms with van der Waals surface area (Å²) in [5, 5.41) is 0. The van der Waals surface area contributed by atoms with Gasteiger partial charge in [-0.1, -0.05) is 120 Å². The number of carbonyl (C=O) groups is 1. The van der Waals surface area contributed by atoms with Crippen LogP contribution in [0.25, 0.3) is 0 Å². The maximum absolute atomic E-state index is 12.0. The first kappa shape index (κ1) is 26.7. The van der Waals surface area contributed by atoms with Gasteiger partial charge in [0.05, 0.1) is 12.2 Å². The molecule has 0 N–H and O–H groups in total. The van der Waals surface area contributed by atoms with E-state index in [4.69, 9.17) is 9.78 Å². The van der Waals surface area contributed by atoms with Gasteiger partial charge in [0.25, 0.3) is 0 Å². The first-order valence-electron chi connectivity index (χ1n) is 12.3. The SMILES string of the molecule is [CH2]CCCCCCCCCCCCCCCCCOOC(=O)c1cc(C)cc(C)c1. The lowest BCUT2D eigenvalue weighted by Gasteiger charge is -2.06. The van der Waals surface area contributed by atoms with Gasteiger partial charge >= 0.3 is 5.97 Å². The van der Waals surface area contributed by atoms with Gasteiger partial charge in [-0.05, 0) is 32.4 Å². The molecule has 1 aromatic rings. The molecule has 0 aliphatic rings. The highest BCUT2D eigenvalue weighted by Crippen LogP contribution is 2.14. The summed E-state index contributed by atoms with van der Waals surface area (Å²) in [7, 11) is 0. The van der Waals surface area contributed by atoms with E-state index in [1.54, 1.807) is 0 Å². The maximum atomic E-state index is 12.0. The van der Waals surface area contributed by atoms with Gasteiger partial charge in [0.1, 0.15) is 0 Å². The van der Waals surface area contributed by atoms with E-state index in [0.29, 0.717) is 12.2 Å². The van der Waals surface area contributed by atoms with Gasteiger partial charge in [-0.2, -0.15) is 4.89 Å². The first-order chi connectivity index (χ1) is 14.6. The maximum Gasteiger partial charge on any atom is 0.373 e. The van der Waals surface area contributed by atoms with Crippen molar-refractivity contribution in [3.63, 3.8) is 0 Å². The smallest absolute Gasteiger partial charge is 0.293 e. The van der Waals surface area contributed by atoms with Crippen LogP contribution in [0, 0.1) is 20.8 Å². The van der Waals surface area contributed by atoms with Crippen LogP contribution in [0.5, 0.6) is 0 Å². The topological polar surface area (TPSA) is 35.5 Å². The summed E-state index contributed by atoms with van der Waals surface area (Å²) in [6.45, 7) is 8.32. The molecule has 1 radical (unpaired) electrons. The van der Waals surface area contributed by atoms with Gasteiger partial charge in [0.2, 0.25) is 0 Å². The Hall–Kier alpha value is -1.35. The van der Waals surface area contributed by atoms with Crippen LogP contribution in [0.3, 0.4) is 0 Å². The summed E-state index contributed by atoms with van der Waals surface area (Å²) >= 11 is 0. The molecule has 1 aromatic carbocycles. The molecule has 0 amide bonds. The number of hydrogen-bond acceptors (Lipinski definition) is 3. The Morgan fingerprint density at radius 1 is 0.667 bits per heavy atom. The van der Waals surface area contributed by atoms with Crippen molar-refractivity contribution in [3.05, 3.63) is 41.8 Å². The summed E-state index contributed by atoms with van der Waals surface area (Å²) in [5.74, 6) is -0.407. The number of aryl methyl sites for hydroxylation is 2. The summed E-state index contributed by atoms with van der Waals surface area (Å²) in [6.07, 6.45) is 20.9. The van der Waals surface area contributed by atoms with Crippen molar-refractivity contribution in [3.8, 4) is 0 Å². The molecule has 0 atom stereocenters. The molecule has 0 spiro atoms. The van der Waals surface area contributed by atoms with E-state index in [1.807, 2.05) is 32.0 Å². The lowest BCUT2D eigenvalue weighted by molar-refractivity contribution is -0.241. The first-order valence-corrected chi connectivity index (χ1v) is 12.3. The molecule has 0 fully saturated rings. The largest absolute Gasteiger partial charge is 0.373 e. The second kappa shape index (κ2) is 18.4. The number of carbonyl (C=O) groups excluding carboxylic acids is 1. The Balaban J connectivity index is 1.82. The molecule has 0 aliphatic heterocycles. The van der Waals surface area contributed by atoms with Gasteiger partial charge in [-0.25, -0.2) is 4.79 Å². The lowest BCUT2D eigenvalue weighted by atomic mass is 10.0. The van der Waals surface area contributed by atoms with E-state index < -0.39 is 5.97 Å². The summed E-state index contributed by atoms with van der Waals surface area (Å²) in [4.78, 5) is 22.0. The minimum atomic E-state index is -0.407. The van der Waals surface area contributed by atoms with Gasteiger partial charge in [-0.3, -0.25) is 4.89 Å². The molecule has 0 aliphatic carbocycles. The minimum absolute atomic E-state index is 0.407. The molecule has 30 heavy (non-hydrogen) atoms. The molecule has 0 heterocycles. The van der Waals surface area contributed by atoms with Crippen molar-refractivity contribution in [2.75, 3.05) is 6.61 Å². The molecule has 0 unspecified atom stereocenters. The third-order valence-corrected chi connectivity index (χ3v) is 5.57. The Bertz CT molecular complexity index is 533. The van der Waals surface area contributed by atoms with Crippen molar-refractivity contribution in [2.24, 2.45) is 0 Å². The van der Waals surface area contributed by atoms with Crippen LogP contribution in [-0.4, -0.2) is 12.6 Å². The van der Waals surface area contributed by atoms with Crippen molar-refractivity contribution in [1.82, 2.24) is 0 Å². The zero-order valence-corrected chi connectivity index (χ0v) is 19.7. The van der Waals surface area contributed by atoms with Crippen LogP contribution in [0.2, 0.25) is 0 Å². The van der Waals surface area contributed by atoms with Crippen LogP contribution < -0.4 is 0 Å². The van der Waals surface area contributed by atoms with Crippen LogP contribution >= 0.6 is 0 Å². The van der Waals surface area contributed by atoms with Crippen molar-refractivity contribution < 1.29 is 14.6 Å². The van der Waals surface area contributed by atoms with Gasteiger partial charge in [0, 0.05) is 0 Å². The third kappa shape index (κ3) is 14.6. The Kier molecular flexibility index (Phi) is 16.4. The molecule has 0 aromatic heterocycles. The average Bonchev–Trinajstić information content (AvgIpc) is 2.72.